The van der Waals surface area contributed by atoms with Crippen LogP contribution in [0.5, 0.6) is 0 Å². The third kappa shape index (κ3) is 1.61. The molecular formula is C14H18FN3O4. The average molecular weight is 311 g/mol. The Morgan fingerprint density at radius 1 is 1.32 bits per heavy atom. The summed E-state index contributed by atoms with van der Waals surface area (Å²) in [5, 5.41) is 12.0. The minimum Gasteiger partial charge on any atom is -0.367 e. The molecule has 2 aliphatic carbocycles. The molecule has 3 rings (SSSR count). The van der Waals surface area contributed by atoms with Crippen molar-refractivity contribution in [3.8, 4) is 6.07 Å². The van der Waals surface area contributed by atoms with E-state index in [1.54, 1.807) is 13.8 Å². The molecule has 3 aliphatic rings. The first kappa shape index (κ1) is 15.2. The van der Waals surface area contributed by atoms with Crippen molar-refractivity contribution in [3.05, 3.63) is 0 Å². The number of halogens is 1. The van der Waals surface area contributed by atoms with Gasteiger partial charge >= 0.3 is 0 Å². The van der Waals surface area contributed by atoms with Crippen LogP contribution in [-0.4, -0.2) is 41.0 Å². The molecule has 6 atom stereocenters. The molecule has 2 amide bonds. The molecule has 1 spiro atoms. The first-order valence-electron chi connectivity index (χ1n) is 7.17. The first-order chi connectivity index (χ1) is 10.1. The lowest BCUT2D eigenvalue weighted by Gasteiger charge is -2.33. The van der Waals surface area contributed by atoms with Crippen LogP contribution in [0.1, 0.15) is 27.2 Å². The number of amides is 2. The molecule has 1 saturated heterocycles. The Hall–Kier alpha value is -1.72. The first-order valence-corrected chi connectivity index (χ1v) is 7.17. The number of nitrogens with zero attached hydrogens (tertiary/aromatic N) is 1. The number of primary amides is 1. The maximum atomic E-state index is 15.1. The van der Waals surface area contributed by atoms with Gasteiger partial charge in [0.2, 0.25) is 11.6 Å². The van der Waals surface area contributed by atoms with E-state index in [2.05, 4.69) is 5.32 Å². The van der Waals surface area contributed by atoms with Crippen molar-refractivity contribution in [3.63, 3.8) is 0 Å². The second kappa shape index (κ2) is 4.18. The monoisotopic (exact) mass is 311 g/mol. The molecular weight excluding hydrogens is 293 g/mol. The second-order valence-electron chi connectivity index (χ2n) is 6.49. The lowest BCUT2D eigenvalue weighted by Crippen LogP contribution is -2.55. The van der Waals surface area contributed by atoms with Gasteiger partial charge in [-0.3, -0.25) is 9.59 Å². The molecule has 7 nitrogen and oxygen atoms in total. The summed E-state index contributed by atoms with van der Waals surface area (Å²) in [4.78, 5) is 23.1. The van der Waals surface area contributed by atoms with Crippen LogP contribution in [0.3, 0.4) is 0 Å². The zero-order valence-electron chi connectivity index (χ0n) is 12.6. The largest absolute Gasteiger partial charge is 0.367 e. The van der Waals surface area contributed by atoms with Gasteiger partial charge in [0.1, 0.15) is 5.54 Å². The number of alkyl halides is 1. The van der Waals surface area contributed by atoms with Gasteiger partial charge in [-0.1, -0.05) is 0 Å². The van der Waals surface area contributed by atoms with Gasteiger partial charge in [-0.2, -0.15) is 5.26 Å². The summed E-state index contributed by atoms with van der Waals surface area (Å²) in [7, 11) is 0. The number of hydrogen-bond donors (Lipinski definition) is 2. The highest BCUT2D eigenvalue weighted by Gasteiger charge is 2.90. The molecule has 1 heterocycles. The van der Waals surface area contributed by atoms with Crippen LogP contribution in [-0.2, 0) is 19.1 Å². The minimum atomic E-state index is -2.42. The van der Waals surface area contributed by atoms with Gasteiger partial charge in [-0.25, -0.2) is 4.39 Å². The summed E-state index contributed by atoms with van der Waals surface area (Å²) < 4.78 is 26.7. The second-order valence-corrected chi connectivity index (χ2v) is 6.49. The third-order valence-electron chi connectivity index (χ3n) is 5.07. The number of nitriles is 1. The SMILES string of the molecule is CC(=O)N[C@@]1(C#N)CC2(O[C@@H](C)[C@H](C)O2)[C@@H]2[C@H]1[C@@]2(F)C(N)=O. The van der Waals surface area contributed by atoms with E-state index in [0.717, 1.165) is 0 Å². The van der Waals surface area contributed by atoms with Gasteiger partial charge in [-0.05, 0) is 13.8 Å². The van der Waals surface area contributed by atoms with Crippen LogP contribution in [0, 0.1) is 23.2 Å². The summed E-state index contributed by atoms with van der Waals surface area (Å²) in [6.45, 7) is 4.77. The Morgan fingerprint density at radius 3 is 2.27 bits per heavy atom. The number of ether oxygens (including phenoxy) is 2. The van der Waals surface area contributed by atoms with Gasteiger partial charge in [0.25, 0.3) is 5.91 Å². The predicted molar refractivity (Wildman–Crippen MR) is 70.6 cm³/mol. The fourth-order valence-corrected chi connectivity index (χ4v) is 4.14. The number of fused-ring (bicyclic) bond motifs is 2. The van der Waals surface area contributed by atoms with Gasteiger partial charge in [-0.15, -0.1) is 0 Å². The fraction of sp³-hybridized carbons (Fsp3) is 0.786. The number of nitrogens with two attached hydrogens (primary N) is 1. The topological polar surface area (TPSA) is 114 Å². The Kier molecular flexibility index (Phi) is 2.88. The molecule has 8 heteroatoms. The molecule has 2 saturated carbocycles. The van der Waals surface area contributed by atoms with Crippen LogP contribution >= 0.6 is 0 Å². The maximum Gasteiger partial charge on any atom is 0.256 e. The molecule has 0 bridgehead atoms. The van der Waals surface area contributed by atoms with Crippen molar-refractivity contribution in [2.75, 3.05) is 0 Å². The van der Waals surface area contributed by atoms with Crippen LogP contribution < -0.4 is 11.1 Å². The maximum absolute atomic E-state index is 15.1. The van der Waals surface area contributed by atoms with E-state index in [1.807, 2.05) is 6.07 Å². The molecule has 3 N–H and O–H groups in total. The zero-order chi connectivity index (χ0) is 16.5. The smallest absolute Gasteiger partial charge is 0.256 e. The van der Waals surface area contributed by atoms with Crippen molar-refractivity contribution in [2.45, 2.75) is 56.4 Å². The van der Waals surface area contributed by atoms with E-state index in [9.17, 15) is 14.9 Å². The molecule has 0 aromatic carbocycles. The van der Waals surface area contributed by atoms with Gasteiger partial charge in [0, 0.05) is 13.3 Å². The van der Waals surface area contributed by atoms with Gasteiger partial charge < -0.3 is 20.5 Å². The standard InChI is InChI=1S/C14H18FN3O4/c1-6-7(2)22-13(21-6)4-12(5-16,18-8(3)19)9-10(13)14(9,15)11(17)20/h6-7,9-10H,4H2,1-3H3,(H2,17,20)(H,18,19)/t6-,7-,9+,10-,12+,14-/m0/s1. The Balaban J connectivity index is 2.06. The van der Waals surface area contributed by atoms with Crippen LogP contribution in [0.15, 0.2) is 0 Å². The molecule has 0 radical (unpaired) electrons. The summed E-state index contributed by atoms with van der Waals surface area (Å²) >= 11 is 0. The summed E-state index contributed by atoms with van der Waals surface area (Å²) in [5.74, 6) is -5.12. The number of carbonyl (C=O) groups excluding carboxylic acids is 2. The lowest BCUT2D eigenvalue weighted by molar-refractivity contribution is -0.197. The van der Waals surface area contributed by atoms with E-state index in [0.29, 0.717) is 0 Å². The lowest BCUT2D eigenvalue weighted by atomic mass is 9.88. The van der Waals surface area contributed by atoms with Gasteiger partial charge in [0.15, 0.2) is 5.79 Å². The third-order valence-corrected chi connectivity index (χ3v) is 5.07. The Bertz CT molecular complexity index is 595. The van der Waals surface area contributed by atoms with E-state index >= 15 is 4.39 Å². The normalized spacial score (nSPS) is 47.8. The van der Waals surface area contributed by atoms with Crippen molar-refractivity contribution in [1.82, 2.24) is 5.32 Å². The van der Waals surface area contributed by atoms with Crippen LogP contribution in [0.4, 0.5) is 4.39 Å². The quantitative estimate of drug-likeness (QED) is 0.729. The summed E-state index contributed by atoms with van der Waals surface area (Å²) in [6.07, 6.45) is -0.658. The zero-order valence-corrected chi connectivity index (χ0v) is 12.6. The molecule has 120 valence electrons. The van der Waals surface area contributed by atoms with Crippen LogP contribution in [0.2, 0.25) is 0 Å². The van der Waals surface area contributed by atoms with Crippen molar-refractivity contribution < 1.29 is 23.5 Å². The Labute approximate surface area is 126 Å². The van der Waals surface area contributed by atoms with Crippen molar-refractivity contribution >= 4 is 11.8 Å². The molecule has 0 aromatic heterocycles. The molecule has 3 fully saturated rings. The molecule has 22 heavy (non-hydrogen) atoms. The number of hydrogen-bond acceptors (Lipinski definition) is 5. The predicted octanol–water partition coefficient (Wildman–Crippen LogP) is -0.252. The summed E-state index contributed by atoms with van der Waals surface area (Å²) in [5.41, 5.74) is 1.22. The van der Waals surface area contributed by atoms with Crippen LogP contribution in [0.25, 0.3) is 0 Å². The van der Waals surface area contributed by atoms with E-state index in [4.69, 9.17) is 15.2 Å². The highest BCUT2D eigenvalue weighted by molar-refractivity contribution is 5.90. The highest BCUT2D eigenvalue weighted by atomic mass is 19.1. The number of nitrogens with one attached hydrogen (secondary N) is 1. The van der Waals surface area contributed by atoms with Crippen molar-refractivity contribution in [1.29, 1.82) is 5.26 Å². The van der Waals surface area contributed by atoms with Gasteiger partial charge in [0.05, 0.1) is 30.1 Å². The van der Waals surface area contributed by atoms with Crippen molar-refractivity contribution in [2.24, 2.45) is 17.6 Å². The number of carbonyl (C=O) groups is 2. The molecule has 0 aromatic rings. The van der Waals surface area contributed by atoms with E-state index in [-0.39, 0.29) is 18.6 Å². The molecule has 1 aliphatic heterocycles. The van der Waals surface area contributed by atoms with E-state index in [1.165, 1.54) is 6.92 Å². The highest BCUT2D eigenvalue weighted by Crippen LogP contribution is 2.73. The number of rotatable bonds is 2. The minimum absolute atomic E-state index is 0.0287. The fourth-order valence-electron chi connectivity index (χ4n) is 4.14. The van der Waals surface area contributed by atoms with E-state index < -0.39 is 40.6 Å². The summed E-state index contributed by atoms with van der Waals surface area (Å²) in [6, 6.07) is 1.95. The average Bonchev–Trinajstić information content (AvgIpc) is 2.85. The Morgan fingerprint density at radius 2 is 1.86 bits per heavy atom. The molecule has 0 unspecified atom stereocenters.